The van der Waals surface area contributed by atoms with Crippen LogP contribution in [-0.4, -0.2) is 45.5 Å². The van der Waals surface area contributed by atoms with Gasteiger partial charge in [-0.2, -0.15) is 5.10 Å². The number of carbonyl (C=O) groups excluding carboxylic acids is 3. The molecule has 2 aromatic carbocycles. The van der Waals surface area contributed by atoms with Crippen LogP contribution in [0.5, 0.6) is 0 Å². The monoisotopic (exact) mass is 436 g/mol. The van der Waals surface area contributed by atoms with E-state index in [0.717, 1.165) is 11.3 Å². The highest BCUT2D eigenvalue weighted by Crippen LogP contribution is 2.25. The van der Waals surface area contributed by atoms with E-state index in [1.807, 2.05) is 42.5 Å². The molecule has 0 saturated carbocycles. The Bertz CT molecular complexity index is 1090. The molecule has 1 saturated heterocycles. The Morgan fingerprint density at radius 2 is 1.68 bits per heavy atom. The lowest BCUT2D eigenvalue weighted by atomic mass is 10.1. The van der Waals surface area contributed by atoms with Gasteiger partial charge in [-0.15, -0.1) is 0 Å². The van der Waals surface area contributed by atoms with Crippen LogP contribution in [0.1, 0.15) is 29.6 Å². The van der Waals surface area contributed by atoms with Crippen molar-refractivity contribution in [3.05, 3.63) is 71.4 Å². The second-order valence-electron chi connectivity index (χ2n) is 7.23. The molecule has 158 valence electrons. The van der Waals surface area contributed by atoms with Gasteiger partial charge in [0.05, 0.1) is 11.3 Å². The van der Waals surface area contributed by atoms with Crippen molar-refractivity contribution in [1.82, 2.24) is 20.0 Å². The van der Waals surface area contributed by atoms with Crippen LogP contribution in [0.2, 0.25) is 5.02 Å². The Labute approximate surface area is 184 Å². The lowest BCUT2D eigenvalue weighted by Gasteiger charge is -2.13. The molecule has 7 nitrogen and oxygen atoms in total. The maximum absolute atomic E-state index is 12.9. The van der Waals surface area contributed by atoms with Crippen molar-refractivity contribution in [3.8, 4) is 16.9 Å². The van der Waals surface area contributed by atoms with Gasteiger partial charge < -0.3 is 5.32 Å². The summed E-state index contributed by atoms with van der Waals surface area (Å²) in [4.78, 5) is 37.6. The summed E-state index contributed by atoms with van der Waals surface area (Å²) in [5, 5.41) is 8.10. The average Bonchev–Trinajstić information content (AvgIpc) is 3.36. The molecule has 3 amide bonds. The van der Waals surface area contributed by atoms with E-state index in [1.54, 1.807) is 23.0 Å². The molecule has 31 heavy (non-hydrogen) atoms. The van der Waals surface area contributed by atoms with Gasteiger partial charge in [-0.1, -0.05) is 41.9 Å². The number of likely N-dealkylation sites (tertiary alicyclic amines) is 1. The lowest BCUT2D eigenvalue weighted by molar-refractivity contribution is -0.138. The number of rotatable bonds is 7. The summed E-state index contributed by atoms with van der Waals surface area (Å²) in [6.07, 6.45) is 2.73. The predicted molar refractivity (Wildman–Crippen MR) is 117 cm³/mol. The number of carbonyl (C=O) groups is 3. The summed E-state index contributed by atoms with van der Waals surface area (Å²) < 4.78 is 1.67. The standard InChI is InChI=1S/C23H21ClN4O3/c24-17-9-7-16(8-10-17)22-19(15-28(26-22)18-5-2-1-3-6-18)23(31)25-13-4-14-27-20(29)11-12-21(27)30/h1-3,5-10,15H,4,11-14H2,(H,25,31). The topological polar surface area (TPSA) is 84.3 Å². The summed E-state index contributed by atoms with van der Waals surface area (Å²) in [5.74, 6) is -0.567. The van der Waals surface area contributed by atoms with E-state index in [4.69, 9.17) is 11.6 Å². The van der Waals surface area contributed by atoms with Crippen LogP contribution >= 0.6 is 11.6 Å². The Hall–Kier alpha value is -3.45. The summed E-state index contributed by atoms with van der Waals surface area (Å²) in [6, 6.07) is 16.7. The van der Waals surface area contributed by atoms with Crippen molar-refractivity contribution in [2.75, 3.05) is 13.1 Å². The minimum atomic E-state index is -0.272. The molecular formula is C23H21ClN4O3. The van der Waals surface area contributed by atoms with Crippen molar-refractivity contribution in [2.45, 2.75) is 19.3 Å². The van der Waals surface area contributed by atoms with Crippen LogP contribution in [0.15, 0.2) is 60.8 Å². The Morgan fingerprint density at radius 1 is 1.00 bits per heavy atom. The van der Waals surface area contributed by atoms with E-state index >= 15 is 0 Å². The molecule has 4 rings (SSSR count). The highest BCUT2D eigenvalue weighted by molar-refractivity contribution is 6.30. The second kappa shape index (κ2) is 9.14. The van der Waals surface area contributed by atoms with Crippen LogP contribution in [0.3, 0.4) is 0 Å². The second-order valence-corrected chi connectivity index (χ2v) is 7.66. The first-order chi connectivity index (χ1) is 15.0. The Morgan fingerprint density at radius 3 is 2.35 bits per heavy atom. The number of para-hydroxylation sites is 1. The van der Waals surface area contributed by atoms with Crippen molar-refractivity contribution in [1.29, 1.82) is 0 Å². The van der Waals surface area contributed by atoms with Crippen molar-refractivity contribution in [3.63, 3.8) is 0 Å². The molecule has 0 aliphatic carbocycles. The molecule has 0 spiro atoms. The minimum absolute atomic E-state index is 0.148. The molecule has 8 heteroatoms. The summed E-state index contributed by atoms with van der Waals surface area (Å²) in [7, 11) is 0. The maximum Gasteiger partial charge on any atom is 0.255 e. The predicted octanol–water partition coefficient (Wildman–Crippen LogP) is 3.46. The van der Waals surface area contributed by atoms with Gasteiger partial charge in [0.1, 0.15) is 5.69 Å². The van der Waals surface area contributed by atoms with Crippen LogP contribution in [0, 0.1) is 0 Å². The van der Waals surface area contributed by atoms with Gasteiger partial charge in [0, 0.05) is 42.7 Å². The first kappa shape index (κ1) is 20.8. The lowest BCUT2D eigenvalue weighted by Crippen LogP contribution is -2.33. The number of hydrogen-bond acceptors (Lipinski definition) is 4. The molecule has 1 N–H and O–H groups in total. The molecule has 0 unspecified atom stereocenters. The van der Waals surface area contributed by atoms with Gasteiger partial charge in [-0.05, 0) is 30.7 Å². The first-order valence-electron chi connectivity index (χ1n) is 10.1. The average molecular weight is 437 g/mol. The third-order valence-corrected chi connectivity index (χ3v) is 5.35. The zero-order valence-corrected chi connectivity index (χ0v) is 17.5. The van der Waals surface area contributed by atoms with E-state index in [1.165, 1.54) is 4.90 Å². The van der Waals surface area contributed by atoms with Crippen LogP contribution < -0.4 is 5.32 Å². The molecule has 1 aliphatic rings. The SMILES string of the molecule is O=C(NCCCN1C(=O)CCC1=O)c1cn(-c2ccccc2)nc1-c1ccc(Cl)cc1. The van der Waals surface area contributed by atoms with E-state index in [-0.39, 0.29) is 30.6 Å². The number of aromatic nitrogens is 2. The number of imide groups is 1. The molecule has 2 heterocycles. The molecule has 1 aliphatic heterocycles. The van der Waals surface area contributed by atoms with Crippen molar-refractivity contribution in [2.24, 2.45) is 0 Å². The van der Waals surface area contributed by atoms with E-state index in [2.05, 4.69) is 10.4 Å². The third-order valence-electron chi connectivity index (χ3n) is 5.10. The van der Waals surface area contributed by atoms with Gasteiger partial charge in [-0.3, -0.25) is 19.3 Å². The number of amides is 3. The Kier molecular flexibility index (Phi) is 6.13. The zero-order chi connectivity index (χ0) is 21.8. The van der Waals surface area contributed by atoms with Gasteiger partial charge in [-0.25, -0.2) is 4.68 Å². The van der Waals surface area contributed by atoms with Gasteiger partial charge in [0.2, 0.25) is 11.8 Å². The Balaban J connectivity index is 1.51. The number of halogens is 1. The van der Waals surface area contributed by atoms with Crippen molar-refractivity contribution < 1.29 is 14.4 Å². The van der Waals surface area contributed by atoms with E-state index in [0.29, 0.717) is 35.8 Å². The van der Waals surface area contributed by atoms with Crippen LogP contribution in [0.25, 0.3) is 16.9 Å². The van der Waals surface area contributed by atoms with Crippen LogP contribution in [0.4, 0.5) is 0 Å². The number of hydrogen-bond donors (Lipinski definition) is 1. The fraction of sp³-hybridized carbons (Fsp3) is 0.217. The smallest absolute Gasteiger partial charge is 0.255 e. The molecule has 3 aromatic rings. The molecule has 0 bridgehead atoms. The van der Waals surface area contributed by atoms with Gasteiger partial charge in [0.15, 0.2) is 0 Å². The highest BCUT2D eigenvalue weighted by atomic mass is 35.5. The van der Waals surface area contributed by atoms with E-state index in [9.17, 15) is 14.4 Å². The summed E-state index contributed by atoms with van der Waals surface area (Å²) in [5.41, 5.74) is 2.59. The van der Waals surface area contributed by atoms with E-state index < -0.39 is 0 Å². The normalized spacial score (nSPS) is 13.6. The van der Waals surface area contributed by atoms with Gasteiger partial charge >= 0.3 is 0 Å². The number of nitrogens with one attached hydrogen (secondary N) is 1. The molecule has 0 atom stereocenters. The number of nitrogens with zero attached hydrogens (tertiary/aromatic N) is 3. The zero-order valence-electron chi connectivity index (χ0n) is 16.8. The first-order valence-corrected chi connectivity index (χ1v) is 10.4. The fourth-order valence-electron chi connectivity index (χ4n) is 3.48. The highest BCUT2D eigenvalue weighted by Gasteiger charge is 2.28. The van der Waals surface area contributed by atoms with Gasteiger partial charge in [0.25, 0.3) is 5.91 Å². The van der Waals surface area contributed by atoms with Crippen LogP contribution in [-0.2, 0) is 9.59 Å². The molecular weight excluding hydrogens is 416 g/mol. The maximum atomic E-state index is 12.9. The molecule has 1 aromatic heterocycles. The van der Waals surface area contributed by atoms with Crippen molar-refractivity contribution >= 4 is 29.3 Å². The number of benzene rings is 2. The summed E-state index contributed by atoms with van der Waals surface area (Å²) in [6.45, 7) is 0.651. The molecule has 1 fully saturated rings. The fourth-order valence-corrected chi connectivity index (χ4v) is 3.61. The third kappa shape index (κ3) is 4.67. The minimum Gasteiger partial charge on any atom is -0.352 e. The largest absolute Gasteiger partial charge is 0.352 e. The quantitative estimate of drug-likeness (QED) is 0.454. The molecule has 0 radical (unpaired) electrons. The summed E-state index contributed by atoms with van der Waals surface area (Å²) >= 11 is 6.00.